The fourth-order valence-corrected chi connectivity index (χ4v) is 0.916. The molecule has 0 atom stereocenters. The molecule has 0 unspecified atom stereocenters. The van der Waals surface area contributed by atoms with Gasteiger partial charge in [-0.05, 0) is 12.1 Å². The van der Waals surface area contributed by atoms with Crippen molar-refractivity contribution < 1.29 is 15.0 Å². The number of pyridine rings is 1. The Morgan fingerprint density at radius 2 is 2.23 bits per heavy atom. The largest absolute Gasteiger partial charge is 0.503 e. The van der Waals surface area contributed by atoms with Gasteiger partial charge < -0.3 is 14.8 Å². The molecule has 0 amide bonds. The molecule has 1 aromatic rings. The molecule has 70 valence electrons. The van der Waals surface area contributed by atoms with Crippen LogP contribution in [0.1, 0.15) is 6.42 Å². The van der Waals surface area contributed by atoms with Crippen LogP contribution in [0.4, 0.5) is 0 Å². The van der Waals surface area contributed by atoms with Gasteiger partial charge in [-0.1, -0.05) is 0 Å². The van der Waals surface area contributed by atoms with Crippen LogP contribution in [-0.2, 0) is 11.3 Å². The second-order valence-electron chi connectivity index (χ2n) is 2.54. The molecule has 0 fully saturated rings. The Hall–Kier alpha value is -1.78. The predicted molar refractivity (Wildman–Crippen MR) is 44.6 cm³/mol. The first-order chi connectivity index (χ1) is 6.11. The first-order valence-electron chi connectivity index (χ1n) is 3.71. The third kappa shape index (κ3) is 2.33. The van der Waals surface area contributed by atoms with Gasteiger partial charge in [0.1, 0.15) is 0 Å². The Kier molecular flexibility index (Phi) is 2.69. The minimum absolute atomic E-state index is 0.0720. The van der Waals surface area contributed by atoms with E-state index in [1.165, 1.54) is 18.3 Å². The summed E-state index contributed by atoms with van der Waals surface area (Å²) in [4.78, 5) is 21.3. The number of nitrogens with zero attached hydrogens (tertiary/aromatic N) is 1. The zero-order valence-electron chi connectivity index (χ0n) is 6.80. The van der Waals surface area contributed by atoms with E-state index in [1.807, 2.05) is 0 Å². The maximum absolute atomic E-state index is 11.1. The maximum Gasteiger partial charge on any atom is 0.305 e. The standard InChI is InChI=1S/C8H9NO4/c10-6-2-1-4-9(8(6)13)5-3-7(11)12/h1-2,4,10H,3,5H2,(H,11,12). The quantitative estimate of drug-likeness (QED) is 0.692. The van der Waals surface area contributed by atoms with E-state index in [0.717, 1.165) is 4.57 Å². The lowest BCUT2D eigenvalue weighted by Gasteiger charge is -2.02. The van der Waals surface area contributed by atoms with E-state index in [-0.39, 0.29) is 18.7 Å². The zero-order valence-corrected chi connectivity index (χ0v) is 6.80. The Bertz CT molecular complexity index is 369. The van der Waals surface area contributed by atoms with Crippen LogP contribution in [0.15, 0.2) is 23.1 Å². The van der Waals surface area contributed by atoms with E-state index in [9.17, 15) is 9.59 Å². The summed E-state index contributed by atoms with van der Waals surface area (Å²) < 4.78 is 1.16. The SMILES string of the molecule is O=C(O)CCn1cccc(O)c1=O. The van der Waals surface area contributed by atoms with Crippen molar-refractivity contribution >= 4 is 5.97 Å². The van der Waals surface area contributed by atoms with Gasteiger partial charge in [-0.2, -0.15) is 0 Å². The number of aromatic hydroxyl groups is 1. The number of hydrogen-bond donors (Lipinski definition) is 2. The number of carboxylic acid groups (broad SMARTS) is 1. The van der Waals surface area contributed by atoms with Gasteiger partial charge in [-0.25, -0.2) is 0 Å². The monoisotopic (exact) mass is 183 g/mol. The highest BCUT2D eigenvalue weighted by Crippen LogP contribution is 1.98. The normalized spacial score (nSPS) is 9.85. The Morgan fingerprint density at radius 1 is 1.54 bits per heavy atom. The molecule has 2 N–H and O–H groups in total. The molecule has 0 aliphatic rings. The highest BCUT2D eigenvalue weighted by atomic mass is 16.4. The van der Waals surface area contributed by atoms with Crippen LogP contribution < -0.4 is 5.56 Å². The molecule has 1 heterocycles. The summed E-state index contributed by atoms with van der Waals surface area (Å²) in [6.07, 6.45) is 1.30. The van der Waals surface area contributed by atoms with Gasteiger partial charge in [0.15, 0.2) is 5.75 Å². The molecule has 0 bridgehead atoms. The van der Waals surface area contributed by atoms with Crippen molar-refractivity contribution in [2.24, 2.45) is 0 Å². The van der Waals surface area contributed by atoms with Gasteiger partial charge >= 0.3 is 5.97 Å². The Balaban J connectivity index is 2.84. The van der Waals surface area contributed by atoms with Crippen LogP contribution in [0.25, 0.3) is 0 Å². The number of rotatable bonds is 3. The van der Waals surface area contributed by atoms with E-state index in [0.29, 0.717) is 0 Å². The van der Waals surface area contributed by atoms with E-state index >= 15 is 0 Å². The number of aromatic nitrogens is 1. The molecule has 0 saturated heterocycles. The van der Waals surface area contributed by atoms with Crippen molar-refractivity contribution in [2.75, 3.05) is 0 Å². The second kappa shape index (κ2) is 3.75. The summed E-state index contributed by atoms with van der Waals surface area (Å²) in [7, 11) is 0. The minimum Gasteiger partial charge on any atom is -0.503 e. The van der Waals surface area contributed by atoms with Gasteiger partial charge in [0.25, 0.3) is 5.56 Å². The Labute approximate surface area is 73.9 Å². The predicted octanol–water partition coefficient (Wildman–Crippen LogP) is 0.0286. The van der Waals surface area contributed by atoms with Crippen LogP contribution >= 0.6 is 0 Å². The van der Waals surface area contributed by atoms with E-state index in [4.69, 9.17) is 10.2 Å². The summed E-state index contributed by atoms with van der Waals surface area (Å²) in [5, 5.41) is 17.3. The number of carbonyl (C=O) groups is 1. The molecular formula is C8H9NO4. The molecule has 0 aliphatic carbocycles. The fraction of sp³-hybridized carbons (Fsp3) is 0.250. The van der Waals surface area contributed by atoms with Gasteiger partial charge in [0.05, 0.1) is 6.42 Å². The third-order valence-corrected chi connectivity index (χ3v) is 1.57. The average Bonchev–Trinajstić information content (AvgIpc) is 2.07. The lowest BCUT2D eigenvalue weighted by Crippen LogP contribution is -2.19. The molecule has 0 radical (unpaired) electrons. The van der Waals surface area contributed by atoms with Crippen molar-refractivity contribution in [3.05, 3.63) is 28.7 Å². The number of carboxylic acids is 1. The zero-order chi connectivity index (χ0) is 9.84. The molecule has 0 aromatic carbocycles. The van der Waals surface area contributed by atoms with Crippen molar-refractivity contribution in [1.82, 2.24) is 4.57 Å². The van der Waals surface area contributed by atoms with Crippen molar-refractivity contribution in [2.45, 2.75) is 13.0 Å². The average molecular weight is 183 g/mol. The van der Waals surface area contributed by atoms with Crippen LogP contribution in [0.3, 0.4) is 0 Å². The van der Waals surface area contributed by atoms with Gasteiger partial charge in [0.2, 0.25) is 0 Å². The smallest absolute Gasteiger partial charge is 0.305 e. The van der Waals surface area contributed by atoms with Crippen LogP contribution in [-0.4, -0.2) is 20.7 Å². The second-order valence-corrected chi connectivity index (χ2v) is 2.54. The topological polar surface area (TPSA) is 79.5 Å². The third-order valence-electron chi connectivity index (χ3n) is 1.57. The molecule has 0 saturated carbocycles. The van der Waals surface area contributed by atoms with E-state index < -0.39 is 11.5 Å². The minimum atomic E-state index is -0.977. The summed E-state index contributed by atoms with van der Waals surface area (Å²) in [5.74, 6) is -1.34. The van der Waals surface area contributed by atoms with E-state index in [2.05, 4.69) is 0 Å². The molecular weight excluding hydrogens is 174 g/mol. The molecule has 1 aromatic heterocycles. The van der Waals surface area contributed by atoms with Crippen molar-refractivity contribution in [3.8, 4) is 5.75 Å². The highest BCUT2D eigenvalue weighted by molar-refractivity contribution is 5.66. The summed E-state index contributed by atoms with van der Waals surface area (Å²) >= 11 is 0. The number of aryl methyl sites for hydroxylation is 1. The van der Waals surface area contributed by atoms with Gasteiger partial charge in [0, 0.05) is 12.7 Å². The lowest BCUT2D eigenvalue weighted by molar-refractivity contribution is -0.137. The van der Waals surface area contributed by atoms with Crippen molar-refractivity contribution in [3.63, 3.8) is 0 Å². The number of aliphatic carboxylic acids is 1. The first kappa shape index (κ1) is 9.31. The molecule has 0 aliphatic heterocycles. The lowest BCUT2D eigenvalue weighted by atomic mass is 10.4. The maximum atomic E-state index is 11.1. The van der Waals surface area contributed by atoms with Gasteiger partial charge in [-0.3, -0.25) is 9.59 Å². The van der Waals surface area contributed by atoms with Crippen molar-refractivity contribution in [1.29, 1.82) is 0 Å². The summed E-state index contributed by atoms with van der Waals surface area (Å²) in [5.41, 5.74) is -0.566. The molecule has 13 heavy (non-hydrogen) atoms. The van der Waals surface area contributed by atoms with Crippen LogP contribution in [0.2, 0.25) is 0 Å². The Morgan fingerprint density at radius 3 is 2.85 bits per heavy atom. The first-order valence-corrected chi connectivity index (χ1v) is 3.71. The molecule has 5 heteroatoms. The number of hydrogen-bond acceptors (Lipinski definition) is 3. The van der Waals surface area contributed by atoms with E-state index in [1.54, 1.807) is 0 Å². The summed E-state index contributed by atoms with van der Waals surface area (Å²) in [6.45, 7) is 0.0720. The molecule has 0 spiro atoms. The van der Waals surface area contributed by atoms with Crippen LogP contribution in [0.5, 0.6) is 5.75 Å². The summed E-state index contributed by atoms with van der Waals surface area (Å²) in [6, 6.07) is 2.75. The van der Waals surface area contributed by atoms with Gasteiger partial charge in [-0.15, -0.1) is 0 Å². The highest BCUT2D eigenvalue weighted by Gasteiger charge is 2.02. The fourth-order valence-electron chi connectivity index (χ4n) is 0.916. The van der Waals surface area contributed by atoms with Crippen LogP contribution in [0, 0.1) is 0 Å². The molecule has 1 rings (SSSR count). The molecule has 5 nitrogen and oxygen atoms in total.